The van der Waals surface area contributed by atoms with Crippen LogP contribution in [0.3, 0.4) is 0 Å². The lowest BCUT2D eigenvalue weighted by Gasteiger charge is -2.36. The Kier molecular flexibility index (Phi) is 3.69. The summed E-state index contributed by atoms with van der Waals surface area (Å²) in [6, 6.07) is 0. The fraction of sp³-hybridized carbons (Fsp3) is 0.769. The van der Waals surface area contributed by atoms with E-state index in [9.17, 15) is 10.0 Å². The van der Waals surface area contributed by atoms with Gasteiger partial charge in [0.05, 0.1) is 11.1 Å². The quantitative estimate of drug-likeness (QED) is 0.796. The van der Waals surface area contributed by atoms with Crippen LogP contribution in [0.5, 0.6) is 0 Å². The second kappa shape index (κ2) is 4.42. The van der Waals surface area contributed by atoms with Gasteiger partial charge in [-0.05, 0) is 39.7 Å². The van der Waals surface area contributed by atoms with Gasteiger partial charge in [0.15, 0.2) is 0 Å². The second-order valence-corrected chi connectivity index (χ2v) is 6.23. The molecule has 1 aliphatic heterocycles. The van der Waals surface area contributed by atoms with Crippen LogP contribution < -0.4 is 5.32 Å². The van der Waals surface area contributed by atoms with Crippen molar-refractivity contribution in [2.24, 2.45) is 5.92 Å². The number of nitrogens with one attached hydrogen (secondary N) is 1. The van der Waals surface area contributed by atoms with Crippen LogP contribution in [0.2, 0.25) is 0 Å². The lowest BCUT2D eigenvalue weighted by Crippen LogP contribution is -2.49. The maximum Gasteiger partial charge on any atom is 0.224 e. The molecule has 2 N–H and O–H groups in total. The number of rotatable bonds is 3. The zero-order valence-corrected chi connectivity index (χ0v) is 11.7. The van der Waals surface area contributed by atoms with Gasteiger partial charge in [-0.25, -0.2) is 0 Å². The summed E-state index contributed by atoms with van der Waals surface area (Å²) in [7, 11) is 0. The first-order chi connectivity index (χ1) is 7.57. The van der Waals surface area contributed by atoms with Crippen LogP contribution in [0.1, 0.15) is 48.0 Å². The fourth-order valence-corrected chi connectivity index (χ4v) is 2.19. The molecule has 0 bridgehead atoms. The molecular formula is C13H24N2O2. The molecular weight excluding hydrogens is 216 g/mol. The van der Waals surface area contributed by atoms with Crippen molar-refractivity contribution in [3.63, 3.8) is 0 Å². The Morgan fingerprint density at radius 2 is 1.94 bits per heavy atom. The number of amides is 1. The van der Waals surface area contributed by atoms with Gasteiger partial charge in [0.1, 0.15) is 0 Å². The van der Waals surface area contributed by atoms with Crippen molar-refractivity contribution >= 4 is 5.91 Å². The Morgan fingerprint density at radius 3 is 2.29 bits per heavy atom. The van der Waals surface area contributed by atoms with Crippen molar-refractivity contribution in [3.05, 3.63) is 11.8 Å². The average Bonchev–Trinajstić information content (AvgIpc) is 2.26. The molecule has 1 amide bonds. The van der Waals surface area contributed by atoms with E-state index in [1.807, 2.05) is 47.6 Å². The minimum atomic E-state index is -0.559. The Hall–Kier alpha value is -0.870. The SMILES string of the molecule is CC(C)CC(=O)NC1=CC(C)(C)N(O)C1(C)C. The summed E-state index contributed by atoms with van der Waals surface area (Å²) in [4.78, 5) is 11.8. The molecule has 4 heteroatoms. The standard InChI is InChI=1S/C13H24N2O2/c1-9(2)7-11(16)14-10-8-12(3,4)15(17)13(10,5)6/h8-9,17H,7H2,1-6H3,(H,14,16). The minimum absolute atomic E-state index is 0.00502. The molecule has 0 aromatic rings. The smallest absolute Gasteiger partial charge is 0.224 e. The van der Waals surface area contributed by atoms with E-state index in [4.69, 9.17) is 0 Å². The Bertz CT molecular complexity index is 343. The highest BCUT2D eigenvalue weighted by Crippen LogP contribution is 2.36. The molecule has 0 aromatic heterocycles. The van der Waals surface area contributed by atoms with Crippen molar-refractivity contribution < 1.29 is 10.0 Å². The van der Waals surface area contributed by atoms with E-state index in [1.54, 1.807) is 0 Å². The maximum atomic E-state index is 11.8. The van der Waals surface area contributed by atoms with Gasteiger partial charge in [0.2, 0.25) is 5.91 Å². The molecule has 98 valence electrons. The Morgan fingerprint density at radius 1 is 1.41 bits per heavy atom. The third-order valence-corrected chi connectivity index (χ3v) is 3.10. The van der Waals surface area contributed by atoms with Crippen molar-refractivity contribution in [3.8, 4) is 0 Å². The number of hydrogen-bond acceptors (Lipinski definition) is 3. The van der Waals surface area contributed by atoms with Crippen molar-refractivity contribution in [1.29, 1.82) is 0 Å². The normalized spacial score (nSPS) is 22.7. The summed E-state index contributed by atoms with van der Waals surface area (Å²) in [6.45, 7) is 11.6. The molecule has 17 heavy (non-hydrogen) atoms. The van der Waals surface area contributed by atoms with E-state index in [0.717, 1.165) is 5.70 Å². The summed E-state index contributed by atoms with van der Waals surface area (Å²) < 4.78 is 0. The maximum absolute atomic E-state index is 11.8. The lowest BCUT2D eigenvalue weighted by molar-refractivity contribution is -0.186. The second-order valence-electron chi connectivity index (χ2n) is 6.23. The van der Waals surface area contributed by atoms with Gasteiger partial charge in [-0.2, -0.15) is 5.06 Å². The summed E-state index contributed by atoms with van der Waals surface area (Å²) in [5.41, 5.74) is -0.240. The zero-order valence-electron chi connectivity index (χ0n) is 11.7. The van der Waals surface area contributed by atoms with E-state index in [2.05, 4.69) is 5.32 Å². The fourth-order valence-electron chi connectivity index (χ4n) is 2.19. The van der Waals surface area contributed by atoms with E-state index in [-0.39, 0.29) is 5.91 Å². The highest BCUT2D eigenvalue weighted by molar-refractivity contribution is 5.78. The highest BCUT2D eigenvalue weighted by atomic mass is 16.5. The molecule has 0 saturated heterocycles. The van der Waals surface area contributed by atoms with Crippen molar-refractivity contribution in [1.82, 2.24) is 10.4 Å². The van der Waals surface area contributed by atoms with Crippen LogP contribution in [0.4, 0.5) is 0 Å². The van der Waals surface area contributed by atoms with E-state index >= 15 is 0 Å². The Balaban J connectivity index is 2.81. The topological polar surface area (TPSA) is 52.6 Å². The molecule has 0 radical (unpaired) electrons. The van der Waals surface area contributed by atoms with Crippen LogP contribution in [0.25, 0.3) is 0 Å². The van der Waals surface area contributed by atoms with Crippen molar-refractivity contribution in [2.75, 3.05) is 0 Å². The van der Waals surface area contributed by atoms with Gasteiger partial charge in [0, 0.05) is 12.1 Å². The molecule has 0 fully saturated rings. The van der Waals surface area contributed by atoms with Gasteiger partial charge in [-0.3, -0.25) is 4.79 Å². The first-order valence-corrected chi connectivity index (χ1v) is 6.10. The monoisotopic (exact) mass is 240 g/mol. The third-order valence-electron chi connectivity index (χ3n) is 3.10. The third kappa shape index (κ3) is 2.87. The van der Waals surface area contributed by atoms with Gasteiger partial charge < -0.3 is 10.5 Å². The summed E-state index contributed by atoms with van der Waals surface area (Å²) in [5.74, 6) is 0.337. The van der Waals surface area contributed by atoms with Gasteiger partial charge in [-0.1, -0.05) is 13.8 Å². The first kappa shape index (κ1) is 14.2. The molecule has 0 spiro atoms. The van der Waals surface area contributed by atoms with E-state index in [0.29, 0.717) is 12.3 Å². The van der Waals surface area contributed by atoms with Crippen LogP contribution in [0.15, 0.2) is 11.8 Å². The molecule has 1 rings (SSSR count). The van der Waals surface area contributed by atoms with E-state index < -0.39 is 11.1 Å². The molecule has 0 saturated carbocycles. The van der Waals surface area contributed by atoms with Crippen LogP contribution >= 0.6 is 0 Å². The van der Waals surface area contributed by atoms with Crippen LogP contribution in [-0.4, -0.2) is 27.3 Å². The van der Waals surface area contributed by atoms with Crippen LogP contribution in [-0.2, 0) is 4.79 Å². The predicted octanol–water partition coefficient (Wildman–Crippen LogP) is 2.29. The Labute approximate surface area is 104 Å². The average molecular weight is 240 g/mol. The number of hydroxylamine groups is 2. The molecule has 0 aromatic carbocycles. The first-order valence-electron chi connectivity index (χ1n) is 6.10. The molecule has 4 nitrogen and oxygen atoms in total. The summed E-state index contributed by atoms with van der Waals surface area (Å²) in [5, 5.41) is 14.3. The number of carbonyl (C=O) groups is 1. The van der Waals surface area contributed by atoms with Gasteiger partial charge in [0.25, 0.3) is 0 Å². The number of hydrogen-bond donors (Lipinski definition) is 2. The molecule has 0 aliphatic carbocycles. The molecule has 0 atom stereocenters. The van der Waals surface area contributed by atoms with Crippen LogP contribution in [0, 0.1) is 5.92 Å². The van der Waals surface area contributed by atoms with Gasteiger partial charge in [-0.15, -0.1) is 0 Å². The predicted molar refractivity (Wildman–Crippen MR) is 67.5 cm³/mol. The minimum Gasteiger partial charge on any atom is -0.328 e. The number of carbonyl (C=O) groups excluding carboxylic acids is 1. The molecule has 1 aliphatic rings. The number of nitrogens with zero attached hydrogens (tertiary/aromatic N) is 1. The van der Waals surface area contributed by atoms with Gasteiger partial charge >= 0.3 is 0 Å². The van der Waals surface area contributed by atoms with E-state index in [1.165, 1.54) is 5.06 Å². The molecule has 1 heterocycles. The zero-order chi connectivity index (χ0) is 13.4. The highest BCUT2D eigenvalue weighted by Gasteiger charge is 2.45. The molecule has 0 unspecified atom stereocenters. The summed E-state index contributed by atoms with van der Waals surface area (Å²) in [6.07, 6.45) is 2.41. The summed E-state index contributed by atoms with van der Waals surface area (Å²) >= 11 is 0. The largest absolute Gasteiger partial charge is 0.328 e. The van der Waals surface area contributed by atoms with Crippen molar-refractivity contribution in [2.45, 2.75) is 59.0 Å². The lowest BCUT2D eigenvalue weighted by atomic mass is 10.0.